The summed E-state index contributed by atoms with van der Waals surface area (Å²) < 4.78 is 0. The van der Waals surface area contributed by atoms with Crippen LogP contribution >= 0.6 is 23.1 Å². The molecule has 1 fully saturated rings. The molecule has 14 heavy (non-hydrogen) atoms. The summed E-state index contributed by atoms with van der Waals surface area (Å²) in [6, 6.07) is 0.396. The fourth-order valence-electron chi connectivity index (χ4n) is 1.45. The minimum absolute atomic E-state index is 0.396. The number of thiazole rings is 1. The lowest BCUT2D eigenvalue weighted by atomic mass is 10.3. The molecule has 3 nitrogen and oxygen atoms in total. The molecule has 0 bridgehead atoms. The quantitative estimate of drug-likeness (QED) is 0.721. The fraction of sp³-hybridized carbons (Fsp3) is 0.556. The van der Waals surface area contributed by atoms with E-state index in [0.29, 0.717) is 11.7 Å². The van der Waals surface area contributed by atoms with Gasteiger partial charge in [0, 0.05) is 23.4 Å². The van der Waals surface area contributed by atoms with Crippen LogP contribution in [0.5, 0.6) is 0 Å². The van der Waals surface area contributed by atoms with Gasteiger partial charge in [-0.3, -0.25) is 9.69 Å². The van der Waals surface area contributed by atoms with Crippen LogP contribution in [0.25, 0.3) is 0 Å². The second kappa shape index (κ2) is 4.42. The second-order valence-electron chi connectivity index (χ2n) is 3.30. The SMILES string of the molecule is CN1CCSCC1c1nc(C=O)cs1. The zero-order chi connectivity index (χ0) is 9.97. The van der Waals surface area contributed by atoms with Crippen molar-refractivity contribution < 1.29 is 4.79 Å². The van der Waals surface area contributed by atoms with Gasteiger partial charge in [-0.1, -0.05) is 0 Å². The average molecular weight is 228 g/mol. The van der Waals surface area contributed by atoms with E-state index in [1.165, 1.54) is 5.75 Å². The Hall–Kier alpha value is -0.390. The standard InChI is InChI=1S/C9H12N2OS2/c1-11-2-3-13-6-8(11)9-10-7(4-12)5-14-9/h4-5,8H,2-3,6H2,1H3. The van der Waals surface area contributed by atoms with E-state index in [2.05, 4.69) is 16.9 Å². The van der Waals surface area contributed by atoms with Crippen molar-refractivity contribution >= 4 is 29.4 Å². The predicted octanol–water partition coefficient (Wildman–Crippen LogP) is 1.68. The van der Waals surface area contributed by atoms with E-state index >= 15 is 0 Å². The van der Waals surface area contributed by atoms with Crippen molar-refractivity contribution in [2.75, 3.05) is 25.1 Å². The number of hydrogen-bond acceptors (Lipinski definition) is 5. The summed E-state index contributed by atoms with van der Waals surface area (Å²) in [6.45, 7) is 1.10. The van der Waals surface area contributed by atoms with Crippen LogP contribution in [0.4, 0.5) is 0 Å². The van der Waals surface area contributed by atoms with Gasteiger partial charge >= 0.3 is 0 Å². The van der Waals surface area contributed by atoms with Crippen LogP contribution in [0.2, 0.25) is 0 Å². The molecular formula is C9H12N2OS2. The van der Waals surface area contributed by atoms with Crippen LogP contribution in [0.15, 0.2) is 5.38 Å². The Balaban J connectivity index is 2.16. The highest BCUT2D eigenvalue weighted by atomic mass is 32.2. The molecule has 1 aliphatic rings. The zero-order valence-electron chi connectivity index (χ0n) is 7.97. The summed E-state index contributed by atoms with van der Waals surface area (Å²) in [5, 5.41) is 2.90. The van der Waals surface area contributed by atoms with Gasteiger partial charge in [-0.05, 0) is 7.05 Å². The molecule has 2 rings (SSSR count). The molecule has 76 valence electrons. The van der Waals surface area contributed by atoms with Crippen LogP contribution in [-0.4, -0.2) is 41.3 Å². The number of aromatic nitrogens is 1. The third-order valence-corrected chi connectivity index (χ3v) is 4.33. The first-order valence-electron chi connectivity index (χ1n) is 4.50. The third-order valence-electron chi connectivity index (χ3n) is 2.34. The van der Waals surface area contributed by atoms with Crippen molar-refractivity contribution in [1.29, 1.82) is 0 Å². The molecular weight excluding hydrogens is 216 g/mol. The lowest BCUT2D eigenvalue weighted by Crippen LogP contribution is -2.32. The molecule has 1 atom stereocenters. The average Bonchev–Trinajstić information content (AvgIpc) is 2.67. The van der Waals surface area contributed by atoms with E-state index in [1.54, 1.807) is 11.3 Å². The maximum absolute atomic E-state index is 10.5. The van der Waals surface area contributed by atoms with Crippen LogP contribution < -0.4 is 0 Å². The van der Waals surface area contributed by atoms with Crippen molar-refractivity contribution in [2.45, 2.75) is 6.04 Å². The van der Waals surface area contributed by atoms with Crippen LogP contribution in [0.3, 0.4) is 0 Å². The predicted molar refractivity (Wildman–Crippen MR) is 60.2 cm³/mol. The molecule has 0 aromatic carbocycles. The number of aldehydes is 1. The first-order valence-corrected chi connectivity index (χ1v) is 6.53. The van der Waals surface area contributed by atoms with E-state index in [9.17, 15) is 4.79 Å². The van der Waals surface area contributed by atoms with Crippen molar-refractivity contribution in [3.63, 3.8) is 0 Å². The number of carbonyl (C=O) groups excluding carboxylic acids is 1. The molecule has 1 aliphatic heterocycles. The van der Waals surface area contributed by atoms with Gasteiger partial charge in [0.2, 0.25) is 0 Å². The molecule has 1 unspecified atom stereocenters. The molecule has 1 aromatic heterocycles. The van der Waals surface area contributed by atoms with Gasteiger partial charge < -0.3 is 0 Å². The van der Waals surface area contributed by atoms with Gasteiger partial charge in [0.1, 0.15) is 10.7 Å². The molecule has 0 spiro atoms. The van der Waals surface area contributed by atoms with Gasteiger partial charge in [0.15, 0.2) is 6.29 Å². The van der Waals surface area contributed by atoms with Crippen LogP contribution in [-0.2, 0) is 0 Å². The summed E-state index contributed by atoms with van der Waals surface area (Å²) in [6.07, 6.45) is 0.815. The summed E-state index contributed by atoms with van der Waals surface area (Å²) in [5.41, 5.74) is 0.564. The molecule has 5 heteroatoms. The maximum atomic E-state index is 10.5. The van der Waals surface area contributed by atoms with Crippen molar-refractivity contribution in [1.82, 2.24) is 9.88 Å². The number of thioether (sulfide) groups is 1. The Labute approximate surface area is 91.5 Å². The molecule has 2 heterocycles. The third kappa shape index (κ3) is 1.99. The molecule has 0 amide bonds. The topological polar surface area (TPSA) is 33.2 Å². The van der Waals surface area contributed by atoms with Crippen LogP contribution in [0, 0.1) is 0 Å². The number of carbonyl (C=O) groups is 1. The summed E-state index contributed by atoms with van der Waals surface area (Å²) >= 11 is 3.54. The summed E-state index contributed by atoms with van der Waals surface area (Å²) in [7, 11) is 2.12. The van der Waals surface area contributed by atoms with Gasteiger partial charge in [0.05, 0.1) is 6.04 Å². The van der Waals surface area contributed by atoms with Crippen molar-refractivity contribution in [3.05, 3.63) is 16.1 Å². The van der Waals surface area contributed by atoms with Crippen LogP contribution in [0.1, 0.15) is 21.5 Å². The van der Waals surface area contributed by atoms with E-state index in [4.69, 9.17) is 0 Å². The largest absolute Gasteiger partial charge is 0.296 e. The second-order valence-corrected chi connectivity index (χ2v) is 5.34. The number of rotatable bonds is 2. The highest BCUT2D eigenvalue weighted by Gasteiger charge is 2.23. The Bertz CT molecular complexity index is 326. The number of nitrogens with zero attached hydrogens (tertiary/aromatic N) is 2. The lowest BCUT2D eigenvalue weighted by molar-refractivity contribution is 0.111. The molecule has 1 aromatic rings. The van der Waals surface area contributed by atoms with Gasteiger partial charge in [-0.2, -0.15) is 11.8 Å². The smallest absolute Gasteiger partial charge is 0.169 e. The first-order chi connectivity index (χ1) is 6.81. The van der Waals surface area contributed by atoms with Gasteiger partial charge in [0.25, 0.3) is 0 Å². The monoisotopic (exact) mass is 228 g/mol. The minimum atomic E-state index is 0.396. The summed E-state index contributed by atoms with van der Waals surface area (Å²) in [5.74, 6) is 2.28. The van der Waals surface area contributed by atoms with Crippen molar-refractivity contribution in [3.8, 4) is 0 Å². The van der Waals surface area contributed by atoms with E-state index in [1.807, 2.05) is 17.1 Å². The summed E-state index contributed by atoms with van der Waals surface area (Å²) in [4.78, 5) is 17.1. The van der Waals surface area contributed by atoms with Gasteiger partial charge in [-0.25, -0.2) is 4.98 Å². The molecule has 0 radical (unpaired) electrons. The van der Waals surface area contributed by atoms with Crippen molar-refractivity contribution in [2.24, 2.45) is 0 Å². The zero-order valence-corrected chi connectivity index (χ0v) is 9.61. The minimum Gasteiger partial charge on any atom is -0.296 e. The lowest BCUT2D eigenvalue weighted by Gasteiger charge is -2.30. The normalized spacial score (nSPS) is 23.6. The first kappa shape index (κ1) is 10.1. The fourth-order valence-corrected chi connectivity index (χ4v) is 3.71. The maximum Gasteiger partial charge on any atom is 0.169 e. The molecule has 0 saturated carbocycles. The van der Waals surface area contributed by atoms with E-state index < -0.39 is 0 Å². The van der Waals surface area contributed by atoms with E-state index in [0.717, 1.165) is 23.6 Å². The molecule has 0 N–H and O–H groups in total. The molecule has 0 aliphatic carbocycles. The Kier molecular flexibility index (Phi) is 3.20. The Morgan fingerprint density at radius 1 is 1.71 bits per heavy atom. The van der Waals surface area contributed by atoms with E-state index in [-0.39, 0.29) is 0 Å². The Morgan fingerprint density at radius 2 is 2.57 bits per heavy atom. The highest BCUT2D eigenvalue weighted by molar-refractivity contribution is 7.99. The highest BCUT2D eigenvalue weighted by Crippen LogP contribution is 2.29. The Morgan fingerprint density at radius 3 is 3.21 bits per heavy atom. The number of hydrogen-bond donors (Lipinski definition) is 0. The van der Waals surface area contributed by atoms with Gasteiger partial charge in [-0.15, -0.1) is 11.3 Å². The molecule has 1 saturated heterocycles.